The largest absolute Gasteiger partial charge is 0.262 e. The maximum absolute atomic E-state index is 9.30. The number of rotatable bonds is 2. The zero-order valence-corrected chi connectivity index (χ0v) is 12.0. The molecular formula is C15H12N4S. The molecule has 0 spiro atoms. The smallest absolute Gasteiger partial charge is 0.102 e. The van der Waals surface area contributed by atoms with Crippen LogP contribution in [0.25, 0.3) is 10.9 Å². The first-order chi connectivity index (χ1) is 9.69. The SMILES string of the molecule is Cc1cc(Sc2c(C#N)cnc3ccccc23)n(C)n1. The third-order valence-electron chi connectivity index (χ3n) is 3.01. The van der Waals surface area contributed by atoms with Crippen molar-refractivity contribution < 1.29 is 0 Å². The number of hydrogen-bond donors (Lipinski definition) is 0. The van der Waals surface area contributed by atoms with Gasteiger partial charge in [0.25, 0.3) is 0 Å². The molecule has 4 nitrogen and oxygen atoms in total. The van der Waals surface area contributed by atoms with Gasteiger partial charge in [0, 0.05) is 23.5 Å². The minimum Gasteiger partial charge on any atom is -0.262 e. The van der Waals surface area contributed by atoms with Gasteiger partial charge in [-0.3, -0.25) is 9.67 Å². The molecule has 2 aromatic heterocycles. The minimum absolute atomic E-state index is 0.590. The molecule has 0 fully saturated rings. The van der Waals surface area contributed by atoms with E-state index in [9.17, 15) is 5.26 Å². The summed E-state index contributed by atoms with van der Waals surface area (Å²) in [5, 5.41) is 15.7. The van der Waals surface area contributed by atoms with E-state index in [1.165, 1.54) is 0 Å². The van der Waals surface area contributed by atoms with E-state index in [-0.39, 0.29) is 0 Å². The van der Waals surface area contributed by atoms with E-state index in [0.29, 0.717) is 5.56 Å². The lowest BCUT2D eigenvalue weighted by atomic mass is 10.2. The number of pyridine rings is 1. The van der Waals surface area contributed by atoms with Gasteiger partial charge in [-0.1, -0.05) is 30.0 Å². The van der Waals surface area contributed by atoms with Gasteiger partial charge in [-0.2, -0.15) is 10.4 Å². The van der Waals surface area contributed by atoms with Crippen molar-refractivity contribution in [3.05, 3.63) is 47.8 Å². The summed E-state index contributed by atoms with van der Waals surface area (Å²) in [5.74, 6) is 0. The molecule has 0 atom stereocenters. The molecule has 0 radical (unpaired) electrons. The minimum atomic E-state index is 0.590. The van der Waals surface area contributed by atoms with E-state index in [0.717, 1.165) is 26.5 Å². The van der Waals surface area contributed by atoms with Crippen molar-refractivity contribution in [3.8, 4) is 6.07 Å². The van der Waals surface area contributed by atoms with E-state index in [1.54, 1.807) is 18.0 Å². The van der Waals surface area contributed by atoms with Crippen molar-refractivity contribution in [2.24, 2.45) is 7.05 Å². The zero-order chi connectivity index (χ0) is 14.1. The van der Waals surface area contributed by atoms with Gasteiger partial charge in [0.2, 0.25) is 0 Å². The third kappa shape index (κ3) is 2.15. The average molecular weight is 280 g/mol. The molecule has 0 N–H and O–H groups in total. The van der Waals surface area contributed by atoms with Crippen LogP contribution in [-0.4, -0.2) is 14.8 Å². The van der Waals surface area contributed by atoms with Crippen LogP contribution in [0.2, 0.25) is 0 Å². The molecule has 0 saturated heterocycles. The summed E-state index contributed by atoms with van der Waals surface area (Å²) < 4.78 is 1.83. The summed E-state index contributed by atoms with van der Waals surface area (Å²) in [6.07, 6.45) is 1.63. The molecule has 0 saturated carbocycles. The molecule has 98 valence electrons. The Labute approximate surface area is 121 Å². The topological polar surface area (TPSA) is 54.5 Å². The highest BCUT2D eigenvalue weighted by molar-refractivity contribution is 7.99. The number of benzene rings is 1. The first kappa shape index (κ1) is 12.7. The van der Waals surface area contributed by atoms with Gasteiger partial charge in [-0.15, -0.1) is 0 Å². The van der Waals surface area contributed by atoms with Gasteiger partial charge in [0.15, 0.2) is 0 Å². The highest BCUT2D eigenvalue weighted by Crippen LogP contribution is 2.35. The number of aromatic nitrogens is 3. The third-order valence-corrected chi connectivity index (χ3v) is 4.25. The average Bonchev–Trinajstić information content (AvgIpc) is 2.77. The quantitative estimate of drug-likeness (QED) is 0.722. The van der Waals surface area contributed by atoms with E-state index in [1.807, 2.05) is 49.0 Å². The van der Waals surface area contributed by atoms with Crippen LogP contribution in [0.4, 0.5) is 0 Å². The van der Waals surface area contributed by atoms with Gasteiger partial charge in [-0.05, 0) is 19.1 Å². The van der Waals surface area contributed by atoms with E-state index < -0.39 is 0 Å². The van der Waals surface area contributed by atoms with Crippen LogP contribution in [0.15, 0.2) is 46.5 Å². The second kappa shape index (κ2) is 4.99. The van der Waals surface area contributed by atoms with Crippen LogP contribution in [0.1, 0.15) is 11.3 Å². The Morgan fingerprint density at radius 3 is 2.80 bits per heavy atom. The highest BCUT2D eigenvalue weighted by Gasteiger charge is 2.12. The molecule has 0 aliphatic carbocycles. The molecule has 1 aromatic carbocycles. The lowest BCUT2D eigenvalue weighted by molar-refractivity contribution is 0.692. The van der Waals surface area contributed by atoms with Gasteiger partial charge >= 0.3 is 0 Å². The number of fused-ring (bicyclic) bond motifs is 1. The maximum atomic E-state index is 9.30. The van der Waals surface area contributed by atoms with Gasteiger partial charge in [0.05, 0.1) is 21.8 Å². The Bertz CT molecular complexity index is 829. The fraction of sp³-hybridized carbons (Fsp3) is 0.133. The summed E-state index contributed by atoms with van der Waals surface area (Å²) in [6.45, 7) is 1.96. The molecule has 0 aliphatic rings. The zero-order valence-electron chi connectivity index (χ0n) is 11.2. The standard InChI is InChI=1S/C15H12N4S/c1-10-7-14(19(2)18-10)20-15-11(8-16)9-17-13-6-4-3-5-12(13)15/h3-7,9H,1-2H3. The summed E-state index contributed by atoms with van der Waals surface area (Å²) in [6, 6.07) is 12.1. The Kier molecular flexibility index (Phi) is 3.17. The lowest BCUT2D eigenvalue weighted by Gasteiger charge is -2.07. The van der Waals surface area contributed by atoms with Crippen LogP contribution in [0.5, 0.6) is 0 Å². The summed E-state index contributed by atoms with van der Waals surface area (Å²) in [7, 11) is 1.91. The fourth-order valence-corrected chi connectivity index (χ4v) is 3.20. The highest BCUT2D eigenvalue weighted by atomic mass is 32.2. The molecule has 0 aliphatic heterocycles. The van der Waals surface area contributed by atoms with Crippen molar-refractivity contribution in [3.63, 3.8) is 0 Å². The second-order valence-electron chi connectivity index (χ2n) is 4.48. The lowest BCUT2D eigenvalue weighted by Crippen LogP contribution is -1.94. The number of para-hydroxylation sites is 1. The van der Waals surface area contributed by atoms with Crippen LogP contribution in [0, 0.1) is 18.3 Å². The molecule has 0 bridgehead atoms. The molecule has 0 amide bonds. The second-order valence-corrected chi connectivity index (χ2v) is 5.51. The van der Waals surface area contributed by atoms with E-state index in [4.69, 9.17) is 0 Å². The van der Waals surface area contributed by atoms with E-state index in [2.05, 4.69) is 16.2 Å². The van der Waals surface area contributed by atoms with Gasteiger partial charge < -0.3 is 0 Å². The number of nitriles is 1. The number of aryl methyl sites for hydroxylation is 2. The normalized spacial score (nSPS) is 10.7. The number of nitrogens with zero attached hydrogens (tertiary/aromatic N) is 4. The van der Waals surface area contributed by atoms with Crippen molar-refractivity contribution in [1.29, 1.82) is 5.26 Å². The predicted molar refractivity (Wildman–Crippen MR) is 78.5 cm³/mol. The first-order valence-electron chi connectivity index (χ1n) is 6.15. The molecule has 2 heterocycles. The predicted octanol–water partition coefficient (Wildman–Crippen LogP) is 3.30. The van der Waals surface area contributed by atoms with E-state index >= 15 is 0 Å². The molecule has 5 heteroatoms. The van der Waals surface area contributed by atoms with Crippen LogP contribution in [-0.2, 0) is 7.05 Å². The Morgan fingerprint density at radius 2 is 2.10 bits per heavy atom. The van der Waals surface area contributed by atoms with Crippen LogP contribution in [0.3, 0.4) is 0 Å². The fourth-order valence-electron chi connectivity index (χ4n) is 2.09. The molecule has 3 aromatic rings. The Morgan fingerprint density at radius 1 is 1.30 bits per heavy atom. The van der Waals surface area contributed by atoms with Crippen molar-refractivity contribution in [1.82, 2.24) is 14.8 Å². The van der Waals surface area contributed by atoms with Gasteiger partial charge in [-0.25, -0.2) is 0 Å². The van der Waals surface area contributed by atoms with Crippen LogP contribution < -0.4 is 0 Å². The molecule has 0 unspecified atom stereocenters. The maximum Gasteiger partial charge on any atom is 0.102 e. The monoisotopic (exact) mass is 280 g/mol. The first-order valence-corrected chi connectivity index (χ1v) is 6.97. The van der Waals surface area contributed by atoms with Crippen molar-refractivity contribution in [2.75, 3.05) is 0 Å². The van der Waals surface area contributed by atoms with Crippen molar-refractivity contribution in [2.45, 2.75) is 16.8 Å². The summed E-state index contributed by atoms with van der Waals surface area (Å²) in [4.78, 5) is 5.26. The Hall–Kier alpha value is -2.32. The van der Waals surface area contributed by atoms with Crippen molar-refractivity contribution >= 4 is 22.7 Å². The van der Waals surface area contributed by atoms with Gasteiger partial charge in [0.1, 0.15) is 6.07 Å². The molecular weight excluding hydrogens is 268 g/mol. The van der Waals surface area contributed by atoms with Crippen LogP contribution >= 0.6 is 11.8 Å². The Balaban J connectivity index is 2.19. The number of hydrogen-bond acceptors (Lipinski definition) is 4. The summed E-state index contributed by atoms with van der Waals surface area (Å²) >= 11 is 1.55. The molecule has 3 rings (SSSR count). The molecule has 20 heavy (non-hydrogen) atoms. The summed E-state index contributed by atoms with van der Waals surface area (Å²) in [5.41, 5.74) is 2.45.